The molecule has 0 bridgehead atoms. The molecule has 0 aromatic heterocycles. The van der Waals surface area contributed by atoms with Gasteiger partial charge in [0.2, 0.25) is 0 Å². The molecule has 0 saturated carbocycles. The second-order valence-electron chi connectivity index (χ2n) is 4.54. The van der Waals surface area contributed by atoms with Crippen molar-refractivity contribution < 1.29 is 19.0 Å². The maximum Gasteiger partial charge on any atom is 0.165 e. The maximum absolute atomic E-state index is 13.2. The molecule has 1 aliphatic heterocycles. The second kappa shape index (κ2) is 5.54. The van der Waals surface area contributed by atoms with Crippen molar-refractivity contribution in [3.8, 4) is 5.75 Å². The topological polar surface area (TPSA) is 50.7 Å². The van der Waals surface area contributed by atoms with E-state index in [0.717, 1.165) is 5.69 Å². The molecule has 1 saturated heterocycles. The maximum atomic E-state index is 13.2. The summed E-state index contributed by atoms with van der Waals surface area (Å²) in [6.45, 7) is 1.57. The van der Waals surface area contributed by atoms with Crippen molar-refractivity contribution in [2.45, 2.75) is 18.4 Å². The number of benzene rings is 1. The molecule has 0 amide bonds. The average Bonchev–Trinajstić information content (AvgIpc) is 2.39. The minimum absolute atomic E-state index is 0.193. The van der Waals surface area contributed by atoms with Gasteiger partial charge in [-0.2, -0.15) is 0 Å². The van der Waals surface area contributed by atoms with Gasteiger partial charge in [-0.15, -0.1) is 0 Å². The smallest absolute Gasteiger partial charge is 0.165 e. The Balaban J connectivity index is 1.97. The highest BCUT2D eigenvalue weighted by Crippen LogP contribution is 2.24. The fourth-order valence-corrected chi connectivity index (χ4v) is 1.96. The van der Waals surface area contributed by atoms with Crippen LogP contribution in [0.3, 0.4) is 0 Å². The molecule has 0 radical (unpaired) electrons. The number of methoxy groups -OCH3 is 1. The average molecular weight is 255 g/mol. The molecule has 2 N–H and O–H groups in total. The zero-order valence-electron chi connectivity index (χ0n) is 10.4. The molecular formula is C13H18FNO3. The number of aliphatic hydroxyl groups is 1. The van der Waals surface area contributed by atoms with Gasteiger partial charge in [0.05, 0.1) is 12.7 Å². The molecule has 1 aromatic carbocycles. The van der Waals surface area contributed by atoms with Gasteiger partial charge in [-0.05, 0) is 12.1 Å². The summed E-state index contributed by atoms with van der Waals surface area (Å²) in [5.41, 5.74) is -0.0203. The third kappa shape index (κ3) is 3.11. The van der Waals surface area contributed by atoms with Gasteiger partial charge in [0, 0.05) is 44.4 Å². The monoisotopic (exact) mass is 255 g/mol. The Bertz CT molecular complexity index is 405. The predicted molar refractivity (Wildman–Crippen MR) is 66.4 cm³/mol. The second-order valence-corrected chi connectivity index (χ2v) is 4.54. The van der Waals surface area contributed by atoms with Crippen LogP contribution in [0.1, 0.15) is 12.8 Å². The van der Waals surface area contributed by atoms with Gasteiger partial charge in [-0.1, -0.05) is 0 Å². The lowest BCUT2D eigenvalue weighted by molar-refractivity contribution is -0.0543. The summed E-state index contributed by atoms with van der Waals surface area (Å²) in [6, 6.07) is 4.55. The number of halogens is 1. The van der Waals surface area contributed by atoms with Gasteiger partial charge in [0.15, 0.2) is 11.6 Å². The SMILES string of the molecule is COc1cc(NCC2(O)CCOCC2)ccc1F. The van der Waals surface area contributed by atoms with Gasteiger partial charge in [-0.3, -0.25) is 0 Å². The lowest BCUT2D eigenvalue weighted by Gasteiger charge is -2.32. The van der Waals surface area contributed by atoms with E-state index >= 15 is 0 Å². The van der Waals surface area contributed by atoms with Gasteiger partial charge in [0.25, 0.3) is 0 Å². The van der Waals surface area contributed by atoms with Crippen LogP contribution in [0.2, 0.25) is 0 Å². The van der Waals surface area contributed by atoms with E-state index in [0.29, 0.717) is 32.6 Å². The Morgan fingerprint density at radius 3 is 2.83 bits per heavy atom. The summed E-state index contributed by atoms with van der Waals surface area (Å²) in [7, 11) is 1.42. The van der Waals surface area contributed by atoms with Crippen molar-refractivity contribution in [1.29, 1.82) is 0 Å². The van der Waals surface area contributed by atoms with Crippen LogP contribution in [0.15, 0.2) is 18.2 Å². The van der Waals surface area contributed by atoms with Crippen molar-refractivity contribution in [2.24, 2.45) is 0 Å². The highest BCUT2D eigenvalue weighted by Gasteiger charge is 2.29. The molecule has 5 heteroatoms. The van der Waals surface area contributed by atoms with Gasteiger partial charge < -0.3 is 19.9 Å². The molecular weight excluding hydrogens is 237 g/mol. The number of ether oxygens (including phenoxy) is 2. The Labute approximate surface area is 106 Å². The van der Waals surface area contributed by atoms with E-state index in [4.69, 9.17) is 9.47 Å². The van der Waals surface area contributed by atoms with Crippen LogP contribution in [-0.2, 0) is 4.74 Å². The van der Waals surface area contributed by atoms with Crippen molar-refractivity contribution >= 4 is 5.69 Å². The lowest BCUT2D eigenvalue weighted by Crippen LogP contribution is -2.42. The van der Waals surface area contributed by atoms with Gasteiger partial charge in [-0.25, -0.2) is 4.39 Å². The van der Waals surface area contributed by atoms with Crippen LogP contribution in [0.4, 0.5) is 10.1 Å². The number of rotatable bonds is 4. The van der Waals surface area contributed by atoms with E-state index in [-0.39, 0.29) is 5.75 Å². The number of nitrogens with one attached hydrogen (secondary N) is 1. The Morgan fingerprint density at radius 2 is 2.17 bits per heavy atom. The molecule has 2 rings (SSSR count). The van der Waals surface area contributed by atoms with Crippen LogP contribution in [0.5, 0.6) is 5.75 Å². The van der Waals surface area contributed by atoms with E-state index in [9.17, 15) is 9.50 Å². The molecule has 18 heavy (non-hydrogen) atoms. The van der Waals surface area contributed by atoms with Crippen molar-refractivity contribution in [2.75, 3.05) is 32.2 Å². The zero-order chi connectivity index (χ0) is 13.0. The first-order valence-electron chi connectivity index (χ1n) is 6.00. The van der Waals surface area contributed by atoms with Crippen LogP contribution >= 0.6 is 0 Å². The minimum Gasteiger partial charge on any atom is -0.494 e. The molecule has 0 aliphatic carbocycles. The summed E-state index contributed by atoms with van der Waals surface area (Å²) in [5.74, 6) is -0.202. The van der Waals surface area contributed by atoms with Crippen molar-refractivity contribution in [1.82, 2.24) is 0 Å². The molecule has 100 valence electrons. The summed E-state index contributed by atoms with van der Waals surface area (Å²) < 4.78 is 23.3. The fourth-order valence-electron chi connectivity index (χ4n) is 1.96. The molecule has 1 heterocycles. The first-order valence-corrected chi connectivity index (χ1v) is 6.00. The Kier molecular flexibility index (Phi) is 4.04. The molecule has 4 nitrogen and oxygen atoms in total. The van der Waals surface area contributed by atoms with E-state index in [1.54, 1.807) is 12.1 Å². The molecule has 0 spiro atoms. The normalized spacial score (nSPS) is 18.4. The van der Waals surface area contributed by atoms with E-state index in [1.807, 2.05) is 0 Å². The summed E-state index contributed by atoms with van der Waals surface area (Å²) in [4.78, 5) is 0. The summed E-state index contributed by atoms with van der Waals surface area (Å²) >= 11 is 0. The number of anilines is 1. The zero-order valence-corrected chi connectivity index (χ0v) is 10.4. The van der Waals surface area contributed by atoms with Crippen molar-refractivity contribution in [3.63, 3.8) is 0 Å². The third-order valence-electron chi connectivity index (χ3n) is 3.20. The first kappa shape index (κ1) is 13.1. The van der Waals surface area contributed by atoms with Crippen LogP contribution < -0.4 is 10.1 Å². The fraction of sp³-hybridized carbons (Fsp3) is 0.538. The number of hydrogen-bond donors (Lipinski definition) is 2. The van der Waals surface area contributed by atoms with Crippen LogP contribution in [-0.4, -0.2) is 37.6 Å². The first-order chi connectivity index (χ1) is 8.63. The standard InChI is InChI=1S/C13H18FNO3/c1-17-12-8-10(2-3-11(12)14)15-9-13(16)4-6-18-7-5-13/h2-3,8,15-16H,4-7,9H2,1H3. The predicted octanol–water partition coefficient (Wildman–Crippen LogP) is 1.79. The van der Waals surface area contributed by atoms with E-state index in [1.165, 1.54) is 13.2 Å². The molecule has 1 fully saturated rings. The Hall–Kier alpha value is -1.33. The molecule has 0 atom stereocenters. The third-order valence-corrected chi connectivity index (χ3v) is 3.20. The molecule has 0 unspecified atom stereocenters. The van der Waals surface area contributed by atoms with E-state index < -0.39 is 11.4 Å². The summed E-state index contributed by atoms with van der Waals surface area (Å²) in [5, 5.41) is 13.4. The quantitative estimate of drug-likeness (QED) is 0.861. The van der Waals surface area contributed by atoms with Crippen molar-refractivity contribution in [3.05, 3.63) is 24.0 Å². The lowest BCUT2D eigenvalue weighted by atomic mass is 9.94. The van der Waals surface area contributed by atoms with E-state index in [2.05, 4.69) is 5.32 Å². The highest BCUT2D eigenvalue weighted by molar-refractivity contribution is 5.49. The minimum atomic E-state index is -0.750. The van der Waals surface area contributed by atoms with Gasteiger partial charge >= 0.3 is 0 Å². The van der Waals surface area contributed by atoms with Gasteiger partial charge in [0.1, 0.15) is 0 Å². The number of hydrogen-bond acceptors (Lipinski definition) is 4. The van der Waals surface area contributed by atoms with Crippen LogP contribution in [0.25, 0.3) is 0 Å². The molecule has 1 aromatic rings. The highest BCUT2D eigenvalue weighted by atomic mass is 19.1. The largest absolute Gasteiger partial charge is 0.494 e. The van der Waals surface area contributed by atoms with Crippen LogP contribution in [0, 0.1) is 5.82 Å². The molecule has 1 aliphatic rings. The summed E-state index contributed by atoms with van der Waals surface area (Å²) in [6.07, 6.45) is 1.22. The Morgan fingerprint density at radius 1 is 1.44 bits per heavy atom.